The summed E-state index contributed by atoms with van der Waals surface area (Å²) in [6.45, 7) is 8.12. The zero-order valence-electron chi connectivity index (χ0n) is 23.1. The molecule has 0 saturated heterocycles. The van der Waals surface area contributed by atoms with E-state index in [2.05, 4.69) is 22.1 Å². The van der Waals surface area contributed by atoms with Gasteiger partial charge in [-0.25, -0.2) is 19.6 Å². The first kappa shape index (κ1) is 26.0. The molecule has 4 aromatic rings. The van der Waals surface area contributed by atoms with Crippen molar-refractivity contribution in [3.63, 3.8) is 0 Å². The standard InChI is InChI=1S/C33H28N4O4/c1-5-41-33(40)31-26-9-7-21(35-26)16-20-6-8-24(34-20)30(32(38)39)25-12-10-22(36-25)29(23-11-13-27(31)37-23)28-18(3)14-17(2)15-19(28)4/h6-16,34-35H,5H2,1-4H3,(H,38,39). The number of carbonyl (C=O) groups is 2. The molecule has 0 atom stereocenters. The lowest BCUT2D eigenvalue weighted by molar-refractivity contribution is 0.0527. The van der Waals surface area contributed by atoms with Gasteiger partial charge in [0.05, 0.1) is 40.4 Å². The molecule has 204 valence electrons. The van der Waals surface area contributed by atoms with E-state index in [1.165, 1.54) is 0 Å². The van der Waals surface area contributed by atoms with Crippen molar-refractivity contribution in [1.29, 1.82) is 0 Å². The molecule has 5 heterocycles. The summed E-state index contributed by atoms with van der Waals surface area (Å²) < 4.78 is 5.43. The van der Waals surface area contributed by atoms with Crippen LogP contribution < -0.4 is 0 Å². The molecule has 0 aliphatic carbocycles. The number of carboxylic acids is 1. The summed E-state index contributed by atoms with van der Waals surface area (Å²) in [6.07, 6.45) is 7.21. The molecule has 0 spiro atoms. The average molecular weight is 545 g/mol. The highest BCUT2D eigenvalue weighted by Crippen LogP contribution is 2.36. The third kappa shape index (κ3) is 4.63. The monoisotopic (exact) mass is 544 g/mol. The lowest BCUT2D eigenvalue weighted by Gasteiger charge is -2.13. The van der Waals surface area contributed by atoms with Gasteiger partial charge in [-0.2, -0.15) is 0 Å². The number of fused-ring (bicyclic) bond motifs is 8. The Morgan fingerprint density at radius 3 is 1.78 bits per heavy atom. The number of aryl methyl sites for hydroxylation is 3. The zero-order chi connectivity index (χ0) is 28.8. The SMILES string of the molecule is CCOC(=O)c1c2nc(c(-c3c(C)cc(C)cc3C)c3nc(c(C(=O)O)c4ccc(cc5ccc1[nH]5)[nH]4)C=C3)C=C2. The third-order valence-electron chi connectivity index (χ3n) is 7.19. The van der Waals surface area contributed by atoms with E-state index in [1.807, 2.05) is 51.1 Å². The van der Waals surface area contributed by atoms with Crippen LogP contribution in [0.2, 0.25) is 0 Å². The Bertz CT molecular complexity index is 1970. The molecule has 0 radical (unpaired) electrons. The lowest BCUT2D eigenvalue weighted by atomic mass is 9.92. The van der Waals surface area contributed by atoms with Crippen LogP contribution in [-0.4, -0.2) is 43.6 Å². The van der Waals surface area contributed by atoms with Crippen molar-refractivity contribution in [2.24, 2.45) is 0 Å². The van der Waals surface area contributed by atoms with Crippen molar-refractivity contribution >= 4 is 58.3 Å². The van der Waals surface area contributed by atoms with Crippen LogP contribution in [0.4, 0.5) is 0 Å². The van der Waals surface area contributed by atoms with Gasteiger partial charge < -0.3 is 19.8 Å². The maximum Gasteiger partial charge on any atom is 0.342 e. The number of hydrogen-bond donors (Lipinski definition) is 3. The van der Waals surface area contributed by atoms with E-state index in [0.29, 0.717) is 44.9 Å². The van der Waals surface area contributed by atoms with E-state index in [1.54, 1.807) is 31.2 Å². The van der Waals surface area contributed by atoms with E-state index in [-0.39, 0.29) is 12.2 Å². The first-order chi connectivity index (χ1) is 19.7. The number of hydrogen-bond acceptors (Lipinski definition) is 5. The minimum atomic E-state index is -1.09. The summed E-state index contributed by atoms with van der Waals surface area (Å²) in [7, 11) is 0. The second kappa shape index (κ2) is 10.1. The van der Waals surface area contributed by atoms with Crippen LogP contribution in [0.25, 0.3) is 57.5 Å². The summed E-state index contributed by atoms with van der Waals surface area (Å²) >= 11 is 0. The Morgan fingerprint density at radius 2 is 1.24 bits per heavy atom. The van der Waals surface area contributed by atoms with Gasteiger partial charge in [-0.1, -0.05) is 17.7 Å². The number of carboxylic acid groups (broad SMARTS) is 1. The first-order valence-corrected chi connectivity index (χ1v) is 13.4. The maximum absolute atomic E-state index is 13.2. The van der Waals surface area contributed by atoms with Gasteiger partial charge in [-0.05, 0) is 99.0 Å². The fourth-order valence-corrected chi connectivity index (χ4v) is 5.61. The third-order valence-corrected chi connectivity index (χ3v) is 7.19. The van der Waals surface area contributed by atoms with E-state index in [9.17, 15) is 14.7 Å². The van der Waals surface area contributed by atoms with Crippen LogP contribution in [0.1, 0.15) is 67.1 Å². The van der Waals surface area contributed by atoms with Gasteiger partial charge in [0.2, 0.25) is 0 Å². The Kier molecular flexibility index (Phi) is 6.38. The Balaban J connectivity index is 1.83. The number of aromatic amines is 2. The quantitative estimate of drug-likeness (QED) is 0.203. The molecule has 8 bridgehead atoms. The van der Waals surface area contributed by atoms with Crippen molar-refractivity contribution in [3.8, 4) is 11.1 Å². The van der Waals surface area contributed by atoms with Crippen molar-refractivity contribution in [1.82, 2.24) is 19.9 Å². The van der Waals surface area contributed by atoms with Crippen LogP contribution in [0.5, 0.6) is 0 Å². The van der Waals surface area contributed by atoms with E-state index < -0.39 is 11.9 Å². The van der Waals surface area contributed by atoms with Crippen molar-refractivity contribution in [2.45, 2.75) is 27.7 Å². The van der Waals surface area contributed by atoms with Gasteiger partial charge in [0.15, 0.2) is 0 Å². The number of carbonyl (C=O) groups excluding carboxylic acids is 1. The molecule has 6 rings (SSSR count). The van der Waals surface area contributed by atoms with Crippen molar-refractivity contribution in [2.75, 3.05) is 6.61 Å². The Morgan fingerprint density at radius 1 is 0.732 bits per heavy atom. The number of benzene rings is 1. The van der Waals surface area contributed by atoms with E-state index >= 15 is 0 Å². The smallest absolute Gasteiger partial charge is 0.342 e. The Labute approximate surface area is 236 Å². The fraction of sp³-hybridized carbons (Fsp3) is 0.152. The number of H-pyrrole nitrogens is 2. The number of aromatic carboxylic acids is 1. The molecule has 1 aromatic carbocycles. The highest BCUT2D eigenvalue weighted by atomic mass is 16.5. The highest BCUT2D eigenvalue weighted by molar-refractivity contribution is 6.03. The molecular weight excluding hydrogens is 516 g/mol. The number of esters is 1. The minimum Gasteiger partial charge on any atom is -0.478 e. The summed E-state index contributed by atoms with van der Waals surface area (Å²) in [5, 5.41) is 10.2. The van der Waals surface area contributed by atoms with Gasteiger partial charge in [0.1, 0.15) is 11.1 Å². The molecule has 0 unspecified atom stereocenters. The molecule has 0 saturated carbocycles. The largest absolute Gasteiger partial charge is 0.478 e. The van der Waals surface area contributed by atoms with Crippen LogP contribution in [0, 0.1) is 20.8 Å². The van der Waals surface area contributed by atoms with Crippen molar-refractivity contribution < 1.29 is 19.4 Å². The number of nitrogens with one attached hydrogen (secondary N) is 2. The molecule has 3 N–H and O–H groups in total. The van der Waals surface area contributed by atoms with Gasteiger partial charge in [-0.3, -0.25) is 0 Å². The number of ether oxygens (including phenoxy) is 1. The van der Waals surface area contributed by atoms with Gasteiger partial charge in [0, 0.05) is 16.6 Å². The highest BCUT2D eigenvalue weighted by Gasteiger charge is 2.23. The van der Waals surface area contributed by atoms with E-state index in [4.69, 9.17) is 14.7 Å². The van der Waals surface area contributed by atoms with E-state index in [0.717, 1.165) is 33.3 Å². The maximum atomic E-state index is 13.2. The summed E-state index contributed by atoms with van der Waals surface area (Å²) in [4.78, 5) is 42.0. The second-order valence-corrected chi connectivity index (χ2v) is 10.2. The van der Waals surface area contributed by atoms with Crippen LogP contribution in [0.3, 0.4) is 0 Å². The number of rotatable bonds is 4. The van der Waals surface area contributed by atoms with Gasteiger partial charge in [0.25, 0.3) is 0 Å². The predicted molar refractivity (Wildman–Crippen MR) is 161 cm³/mol. The van der Waals surface area contributed by atoms with Gasteiger partial charge >= 0.3 is 11.9 Å². The normalized spacial score (nSPS) is 12.1. The number of aromatic nitrogens is 4. The molecule has 2 aliphatic rings. The molecule has 2 aliphatic heterocycles. The molecule has 8 heteroatoms. The zero-order valence-corrected chi connectivity index (χ0v) is 23.1. The van der Waals surface area contributed by atoms with Gasteiger partial charge in [-0.15, -0.1) is 0 Å². The average Bonchev–Trinajstić information content (AvgIpc) is 3.71. The molecule has 8 nitrogen and oxygen atoms in total. The Hall–Kier alpha value is -5.24. The number of nitrogens with zero attached hydrogens (tertiary/aromatic N) is 2. The van der Waals surface area contributed by atoms with Crippen LogP contribution in [0.15, 0.2) is 42.5 Å². The van der Waals surface area contributed by atoms with Crippen molar-refractivity contribution in [3.05, 3.63) is 93.1 Å². The van der Waals surface area contributed by atoms with Crippen LogP contribution >= 0.6 is 0 Å². The molecule has 0 fully saturated rings. The molecule has 0 amide bonds. The van der Waals surface area contributed by atoms with Crippen LogP contribution in [-0.2, 0) is 4.74 Å². The summed E-state index contributed by atoms with van der Waals surface area (Å²) in [6, 6.07) is 13.2. The summed E-state index contributed by atoms with van der Waals surface area (Å²) in [5.74, 6) is -1.56. The first-order valence-electron chi connectivity index (χ1n) is 13.4. The second-order valence-electron chi connectivity index (χ2n) is 10.2. The molecule has 41 heavy (non-hydrogen) atoms. The molecular formula is C33H28N4O4. The lowest BCUT2D eigenvalue weighted by Crippen LogP contribution is -2.07. The summed E-state index contributed by atoms with van der Waals surface area (Å²) in [5.41, 5.74) is 9.73. The predicted octanol–water partition coefficient (Wildman–Crippen LogP) is 7.12. The molecule has 3 aromatic heterocycles. The topological polar surface area (TPSA) is 121 Å². The fourth-order valence-electron chi connectivity index (χ4n) is 5.61. The minimum absolute atomic E-state index is 0.0703.